The van der Waals surface area contributed by atoms with E-state index in [9.17, 15) is 8.78 Å². The highest BCUT2D eigenvalue weighted by molar-refractivity contribution is 6.29. The Hall–Kier alpha value is -3.36. The molecule has 0 atom stereocenters. The van der Waals surface area contributed by atoms with E-state index in [4.69, 9.17) is 32.7 Å². The number of hydrogen-bond acceptors (Lipinski definition) is 6. The summed E-state index contributed by atoms with van der Waals surface area (Å²) in [6, 6.07) is 12.6. The first-order valence-electron chi connectivity index (χ1n) is 10.4. The van der Waals surface area contributed by atoms with Crippen LogP contribution in [0.4, 0.5) is 8.78 Å². The highest BCUT2D eigenvalue weighted by Gasteiger charge is 2.30. The lowest BCUT2D eigenvalue weighted by atomic mass is 9.84. The Morgan fingerprint density at radius 2 is 1.06 bits per heavy atom. The first-order chi connectivity index (χ1) is 16.6. The lowest BCUT2D eigenvalue weighted by Crippen LogP contribution is -2.23. The number of methoxy groups -OCH3 is 2. The van der Waals surface area contributed by atoms with Crippen molar-refractivity contribution in [3.63, 3.8) is 0 Å². The molecule has 0 fully saturated rings. The third-order valence-electron chi connectivity index (χ3n) is 5.53. The fourth-order valence-electron chi connectivity index (χ4n) is 3.50. The Morgan fingerprint density at radius 3 is 1.40 bits per heavy atom. The Labute approximate surface area is 210 Å². The molecule has 10 heteroatoms. The number of nitrogens with zero attached hydrogens (tertiary/aromatic N) is 4. The molecule has 0 bridgehead atoms. The van der Waals surface area contributed by atoms with Crippen LogP contribution in [0.5, 0.6) is 11.5 Å². The number of ether oxygens (including phenoxy) is 2. The topological polar surface area (TPSA) is 70.0 Å². The van der Waals surface area contributed by atoms with Gasteiger partial charge in [0, 0.05) is 29.7 Å². The van der Waals surface area contributed by atoms with Crippen molar-refractivity contribution in [3.8, 4) is 34.0 Å². The van der Waals surface area contributed by atoms with Crippen molar-refractivity contribution in [2.75, 3.05) is 14.2 Å². The maximum atomic E-state index is 14.6. The molecule has 0 unspecified atom stereocenters. The van der Waals surface area contributed by atoms with Crippen LogP contribution in [-0.4, -0.2) is 34.2 Å². The van der Waals surface area contributed by atoms with E-state index in [1.54, 1.807) is 24.3 Å². The van der Waals surface area contributed by atoms with Gasteiger partial charge in [-0.1, -0.05) is 23.2 Å². The van der Waals surface area contributed by atoms with Gasteiger partial charge in [-0.25, -0.2) is 9.97 Å². The standard InChI is InChI=1S/C25H20Cl2F2N4O2/c1-25(2,19-11-13(34-3)9-17(30-19)15-5-7-21(26)32-23(15)28)20-12-14(35-4)10-18(31-20)16-6-8-22(27)33-24(16)29/h5-12H,1-4H3. The van der Waals surface area contributed by atoms with Crippen LogP contribution >= 0.6 is 23.2 Å². The van der Waals surface area contributed by atoms with Gasteiger partial charge in [-0.2, -0.15) is 8.78 Å². The molecule has 4 aromatic rings. The molecule has 0 aliphatic rings. The summed E-state index contributed by atoms with van der Waals surface area (Å²) in [5.41, 5.74) is 1.18. The monoisotopic (exact) mass is 516 g/mol. The summed E-state index contributed by atoms with van der Waals surface area (Å²) in [7, 11) is 3.01. The van der Waals surface area contributed by atoms with E-state index >= 15 is 0 Å². The zero-order valence-corrected chi connectivity index (χ0v) is 20.7. The minimum atomic E-state index is -0.834. The van der Waals surface area contributed by atoms with Gasteiger partial charge in [-0.3, -0.25) is 9.97 Å². The Bertz CT molecular complexity index is 1310. The Morgan fingerprint density at radius 1 is 0.657 bits per heavy atom. The maximum absolute atomic E-state index is 14.6. The van der Waals surface area contributed by atoms with Crippen molar-refractivity contribution in [1.29, 1.82) is 0 Å². The van der Waals surface area contributed by atoms with Crippen LogP contribution in [0.25, 0.3) is 22.5 Å². The predicted octanol–water partition coefficient (Wildman–Crippen LogP) is 6.53. The van der Waals surface area contributed by atoms with E-state index in [-0.39, 0.29) is 21.4 Å². The van der Waals surface area contributed by atoms with Gasteiger partial charge in [0.2, 0.25) is 11.9 Å². The van der Waals surface area contributed by atoms with Gasteiger partial charge in [-0.05, 0) is 38.1 Å². The summed E-state index contributed by atoms with van der Waals surface area (Å²) in [5, 5.41) is 0.0680. The van der Waals surface area contributed by atoms with Gasteiger partial charge in [0.25, 0.3) is 0 Å². The van der Waals surface area contributed by atoms with Crippen molar-refractivity contribution in [3.05, 3.63) is 82.1 Å². The summed E-state index contributed by atoms with van der Waals surface area (Å²) in [6.07, 6.45) is 0. The van der Waals surface area contributed by atoms with Crippen LogP contribution in [0.15, 0.2) is 48.5 Å². The highest BCUT2D eigenvalue weighted by atomic mass is 35.5. The van der Waals surface area contributed by atoms with Gasteiger partial charge in [0.15, 0.2) is 0 Å². The van der Waals surface area contributed by atoms with E-state index in [1.807, 2.05) is 13.8 Å². The zero-order chi connectivity index (χ0) is 25.3. The normalized spacial score (nSPS) is 11.4. The molecule has 4 aromatic heterocycles. The quantitative estimate of drug-likeness (QED) is 0.271. The molecular formula is C25H20Cl2F2N4O2. The summed E-state index contributed by atoms with van der Waals surface area (Å²) < 4.78 is 40.0. The maximum Gasteiger partial charge on any atom is 0.223 e. The minimum Gasteiger partial charge on any atom is -0.497 e. The molecule has 0 spiro atoms. The zero-order valence-electron chi connectivity index (χ0n) is 19.2. The summed E-state index contributed by atoms with van der Waals surface area (Å²) in [4.78, 5) is 16.7. The third-order valence-corrected chi connectivity index (χ3v) is 5.95. The van der Waals surface area contributed by atoms with Crippen LogP contribution in [0.3, 0.4) is 0 Å². The molecule has 4 heterocycles. The summed E-state index contributed by atoms with van der Waals surface area (Å²) in [6.45, 7) is 3.77. The number of pyridine rings is 4. The second kappa shape index (κ2) is 9.71. The SMILES string of the molecule is COc1cc(-c2ccc(Cl)nc2F)nc(C(C)(C)c2cc(OC)cc(-c3ccc(Cl)nc3F)n2)c1. The highest BCUT2D eigenvalue weighted by Crippen LogP contribution is 2.37. The van der Waals surface area contributed by atoms with Crippen molar-refractivity contribution < 1.29 is 18.3 Å². The molecule has 0 saturated heterocycles. The van der Waals surface area contributed by atoms with Gasteiger partial charge < -0.3 is 9.47 Å². The third kappa shape index (κ3) is 5.04. The first-order valence-corrected chi connectivity index (χ1v) is 11.2. The van der Waals surface area contributed by atoms with Crippen LogP contribution in [0, 0.1) is 11.9 Å². The summed E-state index contributed by atoms with van der Waals surface area (Å²) in [5.74, 6) is -0.587. The van der Waals surface area contributed by atoms with Gasteiger partial charge >= 0.3 is 0 Å². The van der Waals surface area contributed by atoms with Crippen LogP contribution < -0.4 is 9.47 Å². The van der Waals surface area contributed by atoms with Crippen molar-refractivity contribution in [2.45, 2.75) is 19.3 Å². The fourth-order valence-corrected chi connectivity index (χ4v) is 3.77. The molecule has 0 N–H and O–H groups in total. The second-order valence-corrected chi connectivity index (χ2v) is 8.90. The van der Waals surface area contributed by atoms with E-state index < -0.39 is 17.3 Å². The first kappa shape index (κ1) is 24.8. The van der Waals surface area contributed by atoms with E-state index in [0.717, 1.165) is 0 Å². The molecule has 0 saturated carbocycles. The average molecular weight is 517 g/mol. The van der Waals surface area contributed by atoms with E-state index in [0.29, 0.717) is 34.3 Å². The van der Waals surface area contributed by atoms with Crippen LogP contribution in [0.1, 0.15) is 25.2 Å². The van der Waals surface area contributed by atoms with Crippen LogP contribution in [-0.2, 0) is 5.41 Å². The van der Waals surface area contributed by atoms with Crippen molar-refractivity contribution >= 4 is 23.2 Å². The summed E-state index contributed by atoms with van der Waals surface area (Å²) >= 11 is 11.6. The molecule has 0 aromatic carbocycles. The number of hydrogen-bond donors (Lipinski definition) is 0. The Balaban J connectivity index is 1.87. The Kier molecular flexibility index (Phi) is 6.87. The van der Waals surface area contributed by atoms with Crippen molar-refractivity contribution in [1.82, 2.24) is 19.9 Å². The lowest BCUT2D eigenvalue weighted by Gasteiger charge is -2.26. The molecule has 180 valence electrons. The average Bonchev–Trinajstić information content (AvgIpc) is 2.83. The van der Waals surface area contributed by atoms with Crippen molar-refractivity contribution in [2.24, 2.45) is 0 Å². The smallest absolute Gasteiger partial charge is 0.223 e. The number of rotatable bonds is 6. The van der Waals surface area contributed by atoms with E-state index in [2.05, 4.69) is 19.9 Å². The molecule has 0 amide bonds. The van der Waals surface area contributed by atoms with Crippen LogP contribution in [0.2, 0.25) is 10.3 Å². The molecule has 35 heavy (non-hydrogen) atoms. The number of aromatic nitrogens is 4. The predicted molar refractivity (Wildman–Crippen MR) is 130 cm³/mol. The lowest BCUT2D eigenvalue weighted by molar-refractivity contribution is 0.409. The molecule has 0 aliphatic carbocycles. The minimum absolute atomic E-state index is 0.0340. The molecule has 6 nitrogen and oxygen atoms in total. The second-order valence-electron chi connectivity index (χ2n) is 8.12. The van der Waals surface area contributed by atoms with E-state index in [1.165, 1.54) is 38.5 Å². The van der Waals surface area contributed by atoms with Gasteiger partial charge in [0.05, 0.1) is 48.1 Å². The molecular weight excluding hydrogens is 497 g/mol. The molecule has 0 radical (unpaired) electrons. The van der Waals surface area contributed by atoms with Gasteiger partial charge in [0.1, 0.15) is 21.8 Å². The molecule has 4 rings (SSSR count). The molecule has 0 aliphatic heterocycles. The fraction of sp³-hybridized carbons (Fsp3) is 0.200. The largest absolute Gasteiger partial charge is 0.497 e. The number of halogens is 4. The van der Waals surface area contributed by atoms with Gasteiger partial charge in [-0.15, -0.1) is 0 Å².